The molecular weight excluding hydrogens is 350 g/mol. The predicted molar refractivity (Wildman–Crippen MR) is 99.3 cm³/mol. The highest BCUT2D eigenvalue weighted by atomic mass is 16.6. The van der Waals surface area contributed by atoms with Gasteiger partial charge in [-0.3, -0.25) is 30.7 Å². The lowest BCUT2D eigenvalue weighted by Crippen LogP contribution is -2.40. The Morgan fingerprint density at radius 3 is 2.96 bits per heavy atom. The zero-order chi connectivity index (χ0) is 19.2. The molecule has 142 valence electrons. The second kappa shape index (κ2) is 8.39. The summed E-state index contributed by atoms with van der Waals surface area (Å²) in [6, 6.07) is 3.41. The number of rotatable bonds is 6. The highest BCUT2D eigenvalue weighted by Crippen LogP contribution is 2.35. The standard InChI is InChI=1S/C17H21N7O3/c1-2-13-7-3-4-9-23(13)16-14(24(26)27)15(19-11-20-16)21-22-17(25)12-6-5-8-18-10-12/h5-6,8,10-11,13H,2-4,7,9H2,1H3,(H,22,25)(H,19,20,21). The molecule has 1 unspecified atom stereocenters. The van der Waals surface area contributed by atoms with E-state index in [1.807, 2.05) is 4.90 Å². The summed E-state index contributed by atoms with van der Waals surface area (Å²) in [5.74, 6) is -0.246. The average Bonchev–Trinajstić information content (AvgIpc) is 2.72. The third-order valence-corrected chi connectivity index (χ3v) is 4.57. The lowest BCUT2D eigenvalue weighted by molar-refractivity contribution is -0.383. The highest BCUT2D eigenvalue weighted by Gasteiger charge is 2.32. The molecule has 2 aromatic rings. The Morgan fingerprint density at radius 2 is 2.26 bits per heavy atom. The molecule has 27 heavy (non-hydrogen) atoms. The Morgan fingerprint density at radius 1 is 1.41 bits per heavy atom. The van der Waals surface area contributed by atoms with Crippen LogP contribution in [0.5, 0.6) is 0 Å². The van der Waals surface area contributed by atoms with Crippen LogP contribution < -0.4 is 15.8 Å². The van der Waals surface area contributed by atoms with Crippen LogP contribution in [-0.4, -0.2) is 38.4 Å². The van der Waals surface area contributed by atoms with E-state index in [4.69, 9.17) is 0 Å². The van der Waals surface area contributed by atoms with Crippen molar-refractivity contribution in [1.82, 2.24) is 20.4 Å². The topological polar surface area (TPSA) is 126 Å². The van der Waals surface area contributed by atoms with E-state index in [0.29, 0.717) is 12.1 Å². The quantitative estimate of drug-likeness (QED) is 0.585. The molecule has 1 aliphatic heterocycles. The zero-order valence-corrected chi connectivity index (χ0v) is 15.0. The van der Waals surface area contributed by atoms with Gasteiger partial charge < -0.3 is 4.90 Å². The molecule has 2 N–H and O–H groups in total. The summed E-state index contributed by atoms with van der Waals surface area (Å²) in [6.45, 7) is 2.77. The van der Waals surface area contributed by atoms with E-state index in [1.54, 1.807) is 18.3 Å². The number of nitrogens with one attached hydrogen (secondary N) is 2. The number of amides is 1. The highest BCUT2D eigenvalue weighted by molar-refractivity contribution is 5.94. The van der Waals surface area contributed by atoms with Gasteiger partial charge in [-0.05, 0) is 37.8 Å². The minimum Gasteiger partial charge on any atom is -0.348 e. The first-order chi connectivity index (χ1) is 13.1. The van der Waals surface area contributed by atoms with Crippen molar-refractivity contribution in [3.63, 3.8) is 0 Å². The van der Waals surface area contributed by atoms with Crippen molar-refractivity contribution in [3.8, 4) is 0 Å². The lowest BCUT2D eigenvalue weighted by Gasteiger charge is -2.35. The largest absolute Gasteiger partial charge is 0.355 e. The molecule has 3 rings (SSSR count). The van der Waals surface area contributed by atoms with Gasteiger partial charge in [-0.1, -0.05) is 6.92 Å². The predicted octanol–water partition coefficient (Wildman–Crippen LogP) is 2.31. The zero-order valence-electron chi connectivity index (χ0n) is 15.0. The van der Waals surface area contributed by atoms with Gasteiger partial charge in [0.05, 0.1) is 10.5 Å². The van der Waals surface area contributed by atoms with E-state index >= 15 is 0 Å². The second-order valence-electron chi connectivity index (χ2n) is 6.22. The molecule has 0 aliphatic carbocycles. The van der Waals surface area contributed by atoms with Gasteiger partial charge in [0.25, 0.3) is 5.91 Å². The van der Waals surface area contributed by atoms with Crippen LogP contribution >= 0.6 is 0 Å². The number of carbonyl (C=O) groups is 1. The van der Waals surface area contributed by atoms with Crippen molar-refractivity contribution in [3.05, 3.63) is 46.5 Å². The number of nitro groups is 1. The molecule has 1 amide bonds. The first-order valence-electron chi connectivity index (χ1n) is 8.84. The van der Waals surface area contributed by atoms with E-state index in [2.05, 4.69) is 32.7 Å². The summed E-state index contributed by atoms with van der Waals surface area (Å²) in [6.07, 6.45) is 8.12. The van der Waals surface area contributed by atoms with Crippen molar-refractivity contribution >= 4 is 23.2 Å². The fourth-order valence-electron chi connectivity index (χ4n) is 3.23. The Balaban J connectivity index is 1.85. The van der Waals surface area contributed by atoms with Crippen molar-refractivity contribution in [2.45, 2.75) is 38.6 Å². The number of pyridine rings is 1. The summed E-state index contributed by atoms with van der Waals surface area (Å²) < 4.78 is 0. The number of carbonyl (C=O) groups excluding carboxylic acids is 1. The maximum Gasteiger partial charge on any atom is 0.355 e. The molecule has 2 aromatic heterocycles. The van der Waals surface area contributed by atoms with Gasteiger partial charge in [0.2, 0.25) is 11.6 Å². The number of hydrogen-bond donors (Lipinski definition) is 2. The molecule has 3 heterocycles. The number of nitrogens with zero attached hydrogens (tertiary/aromatic N) is 5. The van der Waals surface area contributed by atoms with Crippen LogP contribution in [0, 0.1) is 10.1 Å². The van der Waals surface area contributed by atoms with E-state index in [1.165, 1.54) is 12.5 Å². The summed E-state index contributed by atoms with van der Waals surface area (Å²) in [7, 11) is 0. The second-order valence-corrected chi connectivity index (χ2v) is 6.22. The summed E-state index contributed by atoms with van der Waals surface area (Å²) in [4.78, 5) is 37.3. The molecule has 0 bridgehead atoms. The van der Waals surface area contributed by atoms with Crippen LogP contribution in [0.2, 0.25) is 0 Å². The molecule has 10 nitrogen and oxygen atoms in total. The van der Waals surface area contributed by atoms with Crippen LogP contribution in [0.25, 0.3) is 0 Å². The van der Waals surface area contributed by atoms with Gasteiger partial charge in [0.15, 0.2) is 0 Å². The molecule has 0 aromatic carbocycles. The molecule has 1 aliphatic rings. The number of anilines is 2. The van der Waals surface area contributed by atoms with Crippen LogP contribution in [0.15, 0.2) is 30.9 Å². The Labute approximate surface area is 156 Å². The molecule has 1 atom stereocenters. The fourth-order valence-corrected chi connectivity index (χ4v) is 3.23. The first kappa shape index (κ1) is 18.5. The van der Waals surface area contributed by atoms with Crippen LogP contribution in [0.4, 0.5) is 17.3 Å². The van der Waals surface area contributed by atoms with Crippen LogP contribution in [-0.2, 0) is 0 Å². The van der Waals surface area contributed by atoms with E-state index < -0.39 is 10.8 Å². The Bertz CT molecular complexity index is 815. The molecule has 0 radical (unpaired) electrons. The lowest BCUT2D eigenvalue weighted by atomic mass is 10.00. The minimum atomic E-state index is -0.519. The maximum atomic E-state index is 12.1. The van der Waals surface area contributed by atoms with Gasteiger partial charge in [-0.2, -0.15) is 0 Å². The summed E-state index contributed by atoms with van der Waals surface area (Å²) >= 11 is 0. The Hall–Kier alpha value is -3.30. The van der Waals surface area contributed by atoms with Crippen molar-refractivity contribution in [2.24, 2.45) is 0 Å². The molecule has 1 saturated heterocycles. The monoisotopic (exact) mass is 371 g/mol. The SMILES string of the molecule is CCC1CCCCN1c1ncnc(NNC(=O)c2cccnc2)c1[N+](=O)[O-]. The van der Waals surface area contributed by atoms with Crippen molar-refractivity contribution in [1.29, 1.82) is 0 Å². The van der Waals surface area contributed by atoms with Crippen molar-refractivity contribution < 1.29 is 9.72 Å². The van der Waals surface area contributed by atoms with Crippen LogP contribution in [0.1, 0.15) is 43.0 Å². The smallest absolute Gasteiger partial charge is 0.348 e. The van der Waals surface area contributed by atoms with E-state index in [0.717, 1.165) is 25.7 Å². The molecule has 0 saturated carbocycles. The first-order valence-corrected chi connectivity index (χ1v) is 8.84. The number of hydrogen-bond acceptors (Lipinski definition) is 8. The number of piperidine rings is 1. The molecule has 1 fully saturated rings. The van der Waals surface area contributed by atoms with Gasteiger partial charge in [0, 0.05) is 25.0 Å². The van der Waals surface area contributed by atoms with Gasteiger partial charge in [-0.25, -0.2) is 9.97 Å². The van der Waals surface area contributed by atoms with E-state index in [-0.39, 0.29) is 23.4 Å². The average molecular weight is 371 g/mol. The van der Waals surface area contributed by atoms with Crippen molar-refractivity contribution in [2.75, 3.05) is 16.9 Å². The molecule has 10 heteroatoms. The number of hydrazine groups is 1. The maximum absolute atomic E-state index is 12.1. The van der Waals surface area contributed by atoms with E-state index in [9.17, 15) is 14.9 Å². The normalized spacial score (nSPS) is 16.6. The van der Waals surface area contributed by atoms with Gasteiger partial charge in [-0.15, -0.1) is 0 Å². The Kier molecular flexibility index (Phi) is 5.74. The van der Waals surface area contributed by atoms with Gasteiger partial charge >= 0.3 is 5.69 Å². The third kappa shape index (κ3) is 4.10. The van der Waals surface area contributed by atoms with Crippen LogP contribution in [0.3, 0.4) is 0 Å². The van der Waals surface area contributed by atoms with Gasteiger partial charge in [0.1, 0.15) is 6.33 Å². The third-order valence-electron chi connectivity index (χ3n) is 4.57. The minimum absolute atomic E-state index is 0.0531. The number of aromatic nitrogens is 3. The molecular formula is C17H21N7O3. The fraction of sp³-hybridized carbons (Fsp3) is 0.412. The molecule has 0 spiro atoms. The summed E-state index contributed by atoms with van der Waals surface area (Å²) in [5, 5.41) is 11.7. The summed E-state index contributed by atoms with van der Waals surface area (Å²) in [5.41, 5.74) is 5.06.